The van der Waals surface area contributed by atoms with Gasteiger partial charge < -0.3 is 10.6 Å². The van der Waals surface area contributed by atoms with Crippen molar-refractivity contribution in [3.63, 3.8) is 0 Å². The Balaban J connectivity index is 2.09. The van der Waals surface area contributed by atoms with E-state index in [9.17, 15) is 4.79 Å². The molecule has 1 aromatic carbocycles. The lowest BCUT2D eigenvalue weighted by Crippen LogP contribution is -2.44. The molecule has 1 heterocycles. The second kappa shape index (κ2) is 4.26. The molecule has 0 aliphatic carbocycles. The van der Waals surface area contributed by atoms with Crippen molar-refractivity contribution in [1.29, 1.82) is 0 Å². The molecule has 1 aliphatic heterocycles. The van der Waals surface area contributed by atoms with Crippen molar-refractivity contribution in [1.82, 2.24) is 4.90 Å². The molecule has 0 saturated heterocycles. The molecule has 86 valence electrons. The minimum atomic E-state index is -0.380. The summed E-state index contributed by atoms with van der Waals surface area (Å²) >= 11 is 0. The highest BCUT2D eigenvalue weighted by Crippen LogP contribution is 2.23. The zero-order valence-electron chi connectivity index (χ0n) is 9.81. The largest absolute Gasteiger partial charge is 0.333 e. The van der Waals surface area contributed by atoms with E-state index in [-0.39, 0.29) is 17.9 Å². The number of carbonyl (C=O) groups is 1. The molecule has 0 fully saturated rings. The summed E-state index contributed by atoms with van der Waals surface area (Å²) in [6.07, 6.45) is 0. The number of amides is 1. The molecule has 0 aromatic heterocycles. The van der Waals surface area contributed by atoms with Gasteiger partial charge in [0.2, 0.25) is 5.91 Å². The van der Waals surface area contributed by atoms with E-state index < -0.39 is 0 Å². The molecule has 0 unspecified atom stereocenters. The molecule has 3 nitrogen and oxygen atoms in total. The maximum atomic E-state index is 12.1. The molecule has 0 saturated carbocycles. The van der Waals surface area contributed by atoms with Crippen LogP contribution < -0.4 is 5.73 Å². The fraction of sp³-hybridized carbons (Fsp3) is 0.462. The first-order valence-corrected chi connectivity index (χ1v) is 5.70. The topological polar surface area (TPSA) is 46.3 Å². The second-order valence-corrected chi connectivity index (χ2v) is 4.73. The number of benzene rings is 1. The Morgan fingerprint density at radius 3 is 2.19 bits per heavy atom. The van der Waals surface area contributed by atoms with Gasteiger partial charge in [-0.3, -0.25) is 4.79 Å². The van der Waals surface area contributed by atoms with E-state index in [1.54, 1.807) is 0 Å². The van der Waals surface area contributed by atoms with Gasteiger partial charge in [0, 0.05) is 13.1 Å². The number of rotatable bonds is 2. The molecule has 3 heteroatoms. The summed E-state index contributed by atoms with van der Waals surface area (Å²) in [6.45, 7) is 5.36. The predicted molar refractivity (Wildman–Crippen MR) is 63.5 cm³/mol. The fourth-order valence-electron chi connectivity index (χ4n) is 1.98. The van der Waals surface area contributed by atoms with E-state index in [0.717, 1.165) is 0 Å². The van der Waals surface area contributed by atoms with Crippen LogP contribution in [0.4, 0.5) is 0 Å². The summed E-state index contributed by atoms with van der Waals surface area (Å²) in [6, 6.07) is 7.78. The van der Waals surface area contributed by atoms with Gasteiger partial charge >= 0.3 is 0 Å². The van der Waals surface area contributed by atoms with E-state index in [1.807, 2.05) is 30.9 Å². The van der Waals surface area contributed by atoms with Crippen LogP contribution >= 0.6 is 0 Å². The van der Waals surface area contributed by atoms with E-state index in [1.165, 1.54) is 11.1 Å². The van der Waals surface area contributed by atoms with Gasteiger partial charge in [-0.25, -0.2) is 0 Å². The van der Waals surface area contributed by atoms with Crippen LogP contribution in [0.5, 0.6) is 0 Å². The molecule has 2 N–H and O–H groups in total. The molecular formula is C13H18N2O. The van der Waals surface area contributed by atoms with Crippen molar-refractivity contribution in [2.45, 2.75) is 33.0 Å². The molecule has 2 rings (SSSR count). The second-order valence-electron chi connectivity index (χ2n) is 4.73. The Kier molecular flexibility index (Phi) is 2.97. The van der Waals surface area contributed by atoms with Gasteiger partial charge in [-0.05, 0) is 17.0 Å². The number of hydrogen-bond acceptors (Lipinski definition) is 2. The first kappa shape index (κ1) is 11.1. The molecule has 16 heavy (non-hydrogen) atoms. The maximum absolute atomic E-state index is 12.1. The van der Waals surface area contributed by atoms with Gasteiger partial charge in [-0.1, -0.05) is 38.1 Å². The van der Waals surface area contributed by atoms with Crippen LogP contribution in [0.25, 0.3) is 0 Å². The van der Waals surface area contributed by atoms with E-state index in [2.05, 4.69) is 12.1 Å². The first-order valence-electron chi connectivity index (χ1n) is 5.70. The smallest absolute Gasteiger partial charge is 0.240 e. The highest BCUT2D eigenvalue weighted by molar-refractivity contribution is 5.82. The summed E-state index contributed by atoms with van der Waals surface area (Å²) in [5.74, 6) is 0.252. The quantitative estimate of drug-likeness (QED) is 0.818. The van der Waals surface area contributed by atoms with E-state index >= 15 is 0 Å². The normalized spacial score (nSPS) is 16.4. The minimum Gasteiger partial charge on any atom is -0.333 e. The van der Waals surface area contributed by atoms with E-state index in [4.69, 9.17) is 5.73 Å². The summed E-state index contributed by atoms with van der Waals surface area (Å²) in [5, 5.41) is 0. The van der Waals surface area contributed by atoms with Gasteiger partial charge in [0.05, 0.1) is 6.04 Å². The van der Waals surface area contributed by atoms with E-state index in [0.29, 0.717) is 13.1 Å². The molecule has 1 atom stereocenters. The lowest BCUT2D eigenvalue weighted by molar-refractivity contribution is -0.134. The summed E-state index contributed by atoms with van der Waals surface area (Å²) in [4.78, 5) is 13.9. The molecule has 1 amide bonds. The van der Waals surface area contributed by atoms with Gasteiger partial charge in [0.25, 0.3) is 0 Å². The SMILES string of the molecule is CC(C)[C@H](N)C(=O)N1Cc2ccccc2C1. The molecule has 0 spiro atoms. The first-order chi connectivity index (χ1) is 7.59. The van der Waals surface area contributed by atoms with Crippen molar-refractivity contribution >= 4 is 5.91 Å². The van der Waals surface area contributed by atoms with Gasteiger partial charge in [0.15, 0.2) is 0 Å². The van der Waals surface area contributed by atoms with Crippen molar-refractivity contribution in [2.24, 2.45) is 11.7 Å². The van der Waals surface area contributed by atoms with Crippen molar-refractivity contribution < 1.29 is 4.79 Å². The maximum Gasteiger partial charge on any atom is 0.240 e. The monoisotopic (exact) mass is 218 g/mol. The highest BCUT2D eigenvalue weighted by atomic mass is 16.2. The average Bonchev–Trinajstić information content (AvgIpc) is 2.70. The molecular weight excluding hydrogens is 200 g/mol. The van der Waals surface area contributed by atoms with Gasteiger partial charge in [-0.2, -0.15) is 0 Å². The van der Waals surface area contributed by atoms with Crippen LogP contribution in [0.3, 0.4) is 0 Å². The average molecular weight is 218 g/mol. The van der Waals surface area contributed by atoms with Crippen LogP contribution in [0.1, 0.15) is 25.0 Å². The van der Waals surface area contributed by atoms with Crippen molar-refractivity contribution in [3.8, 4) is 0 Å². The van der Waals surface area contributed by atoms with Crippen LogP contribution in [-0.4, -0.2) is 16.8 Å². The van der Waals surface area contributed by atoms with Crippen LogP contribution in [0, 0.1) is 5.92 Å². The molecule has 1 aromatic rings. The summed E-state index contributed by atoms with van der Waals surface area (Å²) in [5.41, 5.74) is 8.37. The van der Waals surface area contributed by atoms with Crippen LogP contribution in [0.15, 0.2) is 24.3 Å². The zero-order chi connectivity index (χ0) is 11.7. The molecule has 0 radical (unpaired) electrons. The lowest BCUT2D eigenvalue weighted by atomic mass is 10.0. The number of hydrogen-bond donors (Lipinski definition) is 1. The number of fused-ring (bicyclic) bond motifs is 1. The lowest BCUT2D eigenvalue weighted by Gasteiger charge is -2.22. The summed E-state index contributed by atoms with van der Waals surface area (Å²) < 4.78 is 0. The third-order valence-electron chi connectivity index (χ3n) is 3.16. The Hall–Kier alpha value is -1.35. The third kappa shape index (κ3) is 1.95. The third-order valence-corrected chi connectivity index (χ3v) is 3.16. The Morgan fingerprint density at radius 2 is 1.75 bits per heavy atom. The number of nitrogens with zero attached hydrogens (tertiary/aromatic N) is 1. The molecule has 1 aliphatic rings. The van der Waals surface area contributed by atoms with Crippen molar-refractivity contribution in [2.75, 3.05) is 0 Å². The van der Waals surface area contributed by atoms with Crippen molar-refractivity contribution in [3.05, 3.63) is 35.4 Å². The number of nitrogens with two attached hydrogens (primary N) is 1. The molecule has 0 bridgehead atoms. The Bertz CT molecular complexity index is 376. The minimum absolute atomic E-state index is 0.0613. The Labute approximate surface area is 96.2 Å². The van der Waals surface area contributed by atoms with Gasteiger partial charge in [-0.15, -0.1) is 0 Å². The summed E-state index contributed by atoms with van der Waals surface area (Å²) in [7, 11) is 0. The van der Waals surface area contributed by atoms with Crippen LogP contribution in [-0.2, 0) is 17.9 Å². The fourth-order valence-corrected chi connectivity index (χ4v) is 1.98. The number of carbonyl (C=O) groups excluding carboxylic acids is 1. The highest BCUT2D eigenvalue weighted by Gasteiger charge is 2.28. The Morgan fingerprint density at radius 1 is 1.25 bits per heavy atom. The standard InChI is InChI=1S/C13H18N2O/c1-9(2)12(14)13(16)15-7-10-5-3-4-6-11(10)8-15/h3-6,9,12H,7-8,14H2,1-2H3/t12-/m0/s1. The van der Waals surface area contributed by atoms with Gasteiger partial charge in [0.1, 0.15) is 0 Å². The van der Waals surface area contributed by atoms with Crippen LogP contribution in [0.2, 0.25) is 0 Å². The zero-order valence-corrected chi connectivity index (χ0v) is 9.81. The predicted octanol–water partition coefficient (Wildman–Crippen LogP) is 1.51.